The molecule has 1 unspecified atom stereocenters. The van der Waals surface area contributed by atoms with Crippen molar-refractivity contribution < 1.29 is 19.8 Å². The number of fused-ring (bicyclic) bond motifs is 3. The van der Waals surface area contributed by atoms with E-state index in [1.807, 2.05) is 6.92 Å². The number of piperidine rings is 3. The SMILES string of the molecule is Cc1nsc(C2CN3CCC2CC3)n1.O=C(O)C(=O)O. The molecule has 3 aliphatic rings. The van der Waals surface area contributed by atoms with Crippen molar-refractivity contribution in [1.82, 2.24) is 14.3 Å². The minimum Gasteiger partial charge on any atom is -0.473 e. The Hall–Kier alpha value is -1.54. The topological polar surface area (TPSA) is 104 Å². The van der Waals surface area contributed by atoms with Gasteiger partial charge in [-0.15, -0.1) is 0 Å². The van der Waals surface area contributed by atoms with Gasteiger partial charge in [-0.1, -0.05) is 0 Å². The fourth-order valence-corrected chi connectivity index (χ4v) is 3.55. The van der Waals surface area contributed by atoms with Crippen molar-refractivity contribution in [2.75, 3.05) is 19.6 Å². The quantitative estimate of drug-likeness (QED) is 0.739. The Morgan fingerprint density at radius 2 is 1.85 bits per heavy atom. The van der Waals surface area contributed by atoms with Gasteiger partial charge in [0, 0.05) is 12.5 Å². The summed E-state index contributed by atoms with van der Waals surface area (Å²) in [6, 6.07) is 0. The van der Waals surface area contributed by atoms with E-state index in [0.29, 0.717) is 5.92 Å². The minimum atomic E-state index is -1.82. The average Bonchev–Trinajstić information content (AvgIpc) is 2.87. The fourth-order valence-electron chi connectivity index (χ4n) is 2.71. The third-order valence-electron chi connectivity index (χ3n) is 3.70. The predicted octanol–water partition coefficient (Wildman–Crippen LogP) is 0.811. The van der Waals surface area contributed by atoms with Crippen LogP contribution in [0.3, 0.4) is 0 Å². The molecule has 8 heteroatoms. The van der Waals surface area contributed by atoms with E-state index in [1.165, 1.54) is 37.5 Å². The molecule has 0 radical (unpaired) electrons. The van der Waals surface area contributed by atoms with E-state index in [2.05, 4.69) is 14.3 Å². The Labute approximate surface area is 120 Å². The molecule has 4 heterocycles. The zero-order valence-electron chi connectivity index (χ0n) is 11.2. The van der Waals surface area contributed by atoms with Crippen LogP contribution in [0.1, 0.15) is 29.6 Å². The number of carboxylic acids is 2. The summed E-state index contributed by atoms with van der Waals surface area (Å²) < 4.78 is 4.29. The summed E-state index contributed by atoms with van der Waals surface area (Å²) in [4.78, 5) is 25.3. The number of aliphatic carboxylic acids is 2. The van der Waals surface area contributed by atoms with Crippen molar-refractivity contribution in [3.8, 4) is 0 Å². The number of carbonyl (C=O) groups is 2. The van der Waals surface area contributed by atoms with Crippen LogP contribution in [0.4, 0.5) is 0 Å². The normalized spacial score (nSPS) is 27.6. The van der Waals surface area contributed by atoms with E-state index in [1.54, 1.807) is 11.5 Å². The Morgan fingerprint density at radius 1 is 1.25 bits per heavy atom. The van der Waals surface area contributed by atoms with Gasteiger partial charge in [0.05, 0.1) is 0 Å². The smallest absolute Gasteiger partial charge is 0.414 e. The zero-order valence-corrected chi connectivity index (χ0v) is 12.0. The van der Waals surface area contributed by atoms with Gasteiger partial charge >= 0.3 is 11.9 Å². The predicted molar refractivity (Wildman–Crippen MR) is 71.8 cm³/mol. The summed E-state index contributed by atoms with van der Waals surface area (Å²) in [5.74, 6) is -1.14. The molecule has 0 aromatic carbocycles. The number of hydrogen-bond acceptors (Lipinski definition) is 6. The summed E-state index contributed by atoms with van der Waals surface area (Å²) in [7, 11) is 0. The molecule has 1 aromatic rings. The van der Waals surface area contributed by atoms with Crippen LogP contribution in [-0.4, -0.2) is 56.0 Å². The van der Waals surface area contributed by atoms with Crippen LogP contribution >= 0.6 is 11.5 Å². The summed E-state index contributed by atoms with van der Waals surface area (Å²) in [5.41, 5.74) is 0. The highest BCUT2D eigenvalue weighted by Gasteiger charge is 2.36. The maximum Gasteiger partial charge on any atom is 0.414 e. The lowest BCUT2D eigenvalue weighted by molar-refractivity contribution is -0.159. The number of nitrogens with zero attached hydrogens (tertiary/aromatic N) is 3. The summed E-state index contributed by atoms with van der Waals surface area (Å²) in [6.07, 6.45) is 2.73. The maximum absolute atomic E-state index is 9.10. The first-order valence-electron chi connectivity index (χ1n) is 6.46. The second kappa shape index (κ2) is 6.27. The molecular weight excluding hydrogens is 282 g/mol. The standard InChI is InChI=1S/C10H15N3S.C2H2O4/c1-7-11-10(14-12-7)9-6-13-4-2-8(9)3-5-13;3-1(4)2(5)6/h8-9H,2-6H2,1H3;(H,3,4)(H,5,6). The minimum absolute atomic E-state index is 0.684. The highest BCUT2D eigenvalue weighted by Crippen LogP contribution is 2.39. The van der Waals surface area contributed by atoms with E-state index in [0.717, 1.165) is 11.7 Å². The second-order valence-electron chi connectivity index (χ2n) is 5.03. The van der Waals surface area contributed by atoms with Crippen molar-refractivity contribution >= 4 is 23.5 Å². The summed E-state index contributed by atoms with van der Waals surface area (Å²) in [5, 5.41) is 16.1. The Balaban J connectivity index is 0.000000212. The monoisotopic (exact) mass is 299 g/mol. The van der Waals surface area contributed by atoms with Crippen molar-refractivity contribution in [3.05, 3.63) is 10.8 Å². The van der Waals surface area contributed by atoms with Gasteiger partial charge in [-0.2, -0.15) is 4.37 Å². The van der Waals surface area contributed by atoms with Crippen LogP contribution in [0.25, 0.3) is 0 Å². The molecule has 0 saturated carbocycles. The first-order valence-corrected chi connectivity index (χ1v) is 7.23. The van der Waals surface area contributed by atoms with Crippen molar-refractivity contribution in [2.45, 2.75) is 25.7 Å². The van der Waals surface area contributed by atoms with Crippen LogP contribution in [-0.2, 0) is 9.59 Å². The lowest BCUT2D eigenvalue weighted by atomic mass is 9.79. The molecule has 1 aromatic heterocycles. The highest BCUT2D eigenvalue weighted by atomic mass is 32.1. The fraction of sp³-hybridized carbons (Fsp3) is 0.667. The van der Waals surface area contributed by atoms with Gasteiger partial charge in [-0.25, -0.2) is 14.6 Å². The molecule has 20 heavy (non-hydrogen) atoms. The van der Waals surface area contributed by atoms with Crippen LogP contribution < -0.4 is 0 Å². The number of aromatic nitrogens is 2. The molecule has 0 spiro atoms. The Morgan fingerprint density at radius 3 is 2.20 bits per heavy atom. The Bertz CT molecular complexity index is 485. The van der Waals surface area contributed by atoms with Crippen molar-refractivity contribution in [2.24, 2.45) is 5.92 Å². The molecule has 4 rings (SSSR count). The first kappa shape index (κ1) is 14.9. The third kappa shape index (κ3) is 3.51. The largest absolute Gasteiger partial charge is 0.473 e. The van der Waals surface area contributed by atoms with Crippen molar-refractivity contribution in [3.63, 3.8) is 0 Å². The van der Waals surface area contributed by atoms with Gasteiger partial charge in [0.15, 0.2) is 0 Å². The van der Waals surface area contributed by atoms with Gasteiger partial charge in [-0.05, 0) is 50.3 Å². The molecule has 1 atom stereocenters. The van der Waals surface area contributed by atoms with Gasteiger partial charge < -0.3 is 15.1 Å². The maximum atomic E-state index is 9.10. The van der Waals surface area contributed by atoms with E-state index in [-0.39, 0.29) is 0 Å². The van der Waals surface area contributed by atoms with E-state index >= 15 is 0 Å². The molecule has 3 fully saturated rings. The molecule has 3 aliphatic heterocycles. The molecule has 0 aliphatic carbocycles. The molecule has 2 bridgehead atoms. The van der Waals surface area contributed by atoms with Crippen LogP contribution in [0, 0.1) is 12.8 Å². The van der Waals surface area contributed by atoms with Gasteiger partial charge in [0.2, 0.25) is 0 Å². The van der Waals surface area contributed by atoms with Gasteiger partial charge in [-0.3, -0.25) is 0 Å². The second-order valence-corrected chi connectivity index (χ2v) is 5.82. The molecule has 110 valence electrons. The zero-order chi connectivity index (χ0) is 14.7. The van der Waals surface area contributed by atoms with Gasteiger partial charge in [0.1, 0.15) is 10.8 Å². The van der Waals surface area contributed by atoms with E-state index < -0.39 is 11.9 Å². The van der Waals surface area contributed by atoms with Crippen LogP contribution in [0.15, 0.2) is 0 Å². The number of rotatable bonds is 1. The molecule has 2 N–H and O–H groups in total. The molecule has 7 nitrogen and oxygen atoms in total. The van der Waals surface area contributed by atoms with Crippen LogP contribution in [0.2, 0.25) is 0 Å². The molecule has 0 amide bonds. The van der Waals surface area contributed by atoms with Gasteiger partial charge in [0.25, 0.3) is 0 Å². The summed E-state index contributed by atoms with van der Waals surface area (Å²) in [6.45, 7) is 5.82. The number of aryl methyl sites for hydroxylation is 1. The lowest BCUT2D eigenvalue weighted by Crippen LogP contribution is -2.46. The molecular formula is C12H17N3O4S. The number of carboxylic acid groups (broad SMARTS) is 2. The number of hydrogen-bond donors (Lipinski definition) is 2. The highest BCUT2D eigenvalue weighted by molar-refractivity contribution is 7.05. The van der Waals surface area contributed by atoms with E-state index in [4.69, 9.17) is 19.8 Å². The average molecular weight is 299 g/mol. The van der Waals surface area contributed by atoms with Crippen molar-refractivity contribution in [1.29, 1.82) is 0 Å². The lowest BCUT2D eigenvalue weighted by Gasteiger charge is -2.43. The summed E-state index contributed by atoms with van der Waals surface area (Å²) >= 11 is 1.61. The van der Waals surface area contributed by atoms with E-state index in [9.17, 15) is 0 Å². The first-order chi connectivity index (χ1) is 9.47. The Kier molecular flexibility index (Phi) is 4.66. The third-order valence-corrected chi connectivity index (χ3v) is 4.64. The van der Waals surface area contributed by atoms with Crippen LogP contribution in [0.5, 0.6) is 0 Å². The molecule has 3 saturated heterocycles.